The van der Waals surface area contributed by atoms with Crippen molar-refractivity contribution in [1.29, 1.82) is 0 Å². The Labute approximate surface area is 151 Å². The zero-order chi connectivity index (χ0) is 18.3. The van der Waals surface area contributed by atoms with Gasteiger partial charge in [0.1, 0.15) is 11.5 Å². The highest BCUT2D eigenvalue weighted by Crippen LogP contribution is 2.38. The molecule has 1 aromatic heterocycles. The van der Waals surface area contributed by atoms with Crippen LogP contribution in [-0.4, -0.2) is 30.9 Å². The molecule has 7 nitrogen and oxygen atoms in total. The molecule has 0 fully saturated rings. The highest BCUT2D eigenvalue weighted by atomic mass is 16.5. The minimum absolute atomic E-state index is 0.562. The summed E-state index contributed by atoms with van der Waals surface area (Å²) in [4.78, 5) is 4.74. The van der Waals surface area contributed by atoms with E-state index in [1.807, 2.05) is 53.2 Å². The van der Waals surface area contributed by atoms with Gasteiger partial charge >= 0.3 is 0 Å². The second-order valence-electron chi connectivity index (χ2n) is 5.97. The Kier molecular flexibility index (Phi) is 3.82. The van der Waals surface area contributed by atoms with Gasteiger partial charge in [0, 0.05) is 24.9 Å². The number of para-hydroxylation sites is 2. The van der Waals surface area contributed by atoms with Gasteiger partial charge in [-0.15, -0.1) is 0 Å². The second-order valence-corrected chi connectivity index (χ2v) is 5.97. The van der Waals surface area contributed by atoms with Crippen LogP contribution in [0.3, 0.4) is 0 Å². The zero-order valence-electron chi connectivity index (χ0n) is 14.8. The molecule has 26 heavy (non-hydrogen) atoms. The first-order chi connectivity index (χ1) is 12.6. The van der Waals surface area contributed by atoms with Crippen molar-refractivity contribution in [2.75, 3.05) is 26.6 Å². The fourth-order valence-electron chi connectivity index (χ4n) is 3.15. The first kappa shape index (κ1) is 16.4. The number of ether oxygens (including phenoxy) is 3. The lowest BCUT2D eigenvalue weighted by molar-refractivity contribution is 0.00569. The fraction of sp³-hybridized carbons (Fsp3) is 0.211. The van der Waals surface area contributed by atoms with E-state index in [4.69, 9.17) is 24.9 Å². The topological polar surface area (TPSA) is 83.6 Å². The van der Waals surface area contributed by atoms with E-state index in [1.54, 1.807) is 21.3 Å². The van der Waals surface area contributed by atoms with E-state index in [-0.39, 0.29) is 0 Å². The van der Waals surface area contributed by atoms with Gasteiger partial charge in [0.05, 0.1) is 31.3 Å². The Hall–Kier alpha value is -3.03. The maximum Gasteiger partial charge on any atom is 0.254 e. The van der Waals surface area contributed by atoms with Crippen molar-refractivity contribution < 1.29 is 14.2 Å². The number of anilines is 1. The Bertz CT molecular complexity index is 969. The molecule has 2 aromatic carbocycles. The zero-order valence-corrected chi connectivity index (χ0v) is 14.8. The van der Waals surface area contributed by atoms with E-state index in [1.165, 1.54) is 0 Å². The summed E-state index contributed by atoms with van der Waals surface area (Å²) in [7, 11) is 4.79. The van der Waals surface area contributed by atoms with E-state index in [0.717, 1.165) is 22.6 Å². The van der Waals surface area contributed by atoms with Crippen LogP contribution >= 0.6 is 0 Å². The van der Waals surface area contributed by atoms with Gasteiger partial charge < -0.3 is 19.5 Å². The number of nitrogens with zero attached hydrogens (tertiary/aromatic N) is 2. The molecule has 0 bridgehead atoms. The maximum absolute atomic E-state index is 6.42. The molecule has 0 saturated carbocycles. The Morgan fingerprint density at radius 2 is 1.88 bits per heavy atom. The van der Waals surface area contributed by atoms with Gasteiger partial charge in [0.2, 0.25) is 0 Å². The van der Waals surface area contributed by atoms with Crippen LogP contribution in [0.2, 0.25) is 0 Å². The van der Waals surface area contributed by atoms with Crippen molar-refractivity contribution in [3.8, 4) is 28.4 Å². The number of imidazole rings is 1. The summed E-state index contributed by atoms with van der Waals surface area (Å²) in [6.45, 7) is 0. The number of hydrogen-bond donors (Lipinski definition) is 2. The predicted molar refractivity (Wildman–Crippen MR) is 98.6 cm³/mol. The molecule has 0 spiro atoms. The number of nitrogens with one attached hydrogen (secondary N) is 1. The number of nitrogens with two attached hydrogens (primary N) is 1. The Morgan fingerprint density at radius 3 is 2.62 bits per heavy atom. The lowest BCUT2D eigenvalue weighted by Gasteiger charge is -2.34. The van der Waals surface area contributed by atoms with Crippen molar-refractivity contribution in [3.63, 3.8) is 0 Å². The van der Waals surface area contributed by atoms with Gasteiger partial charge in [0.25, 0.3) is 5.85 Å². The van der Waals surface area contributed by atoms with Crippen molar-refractivity contribution in [2.24, 2.45) is 5.73 Å². The summed E-state index contributed by atoms with van der Waals surface area (Å²) in [5.41, 5.74) is 9.81. The van der Waals surface area contributed by atoms with Crippen LogP contribution in [0.25, 0.3) is 16.9 Å². The first-order valence-electron chi connectivity index (χ1n) is 8.13. The normalized spacial score (nSPS) is 17.8. The molecule has 0 amide bonds. The molecule has 4 rings (SSSR count). The Balaban J connectivity index is 1.91. The number of aromatic nitrogens is 2. The summed E-state index contributed by atoms with van der Waals surface area (Å²) in [6.07, 6.45) is 1.93. The van der Waals surface area contributed by atoms with Crippen LogP contribution in [0.5, 0.6) is 11.5 Å². The number of rotatable bonds is 4. The largest absolute Gasteiger partial charge is 0.497 e. The first-order valence-corrected chi connectivity index (χ1v) is 8.13. The van der Waals surface area contributed by atoms with Gasteiger partial charge in [0.15, 0.2) is 5.82 Å². The molecule has 3 aromatic rings. The number of fused-ring (bicyclic) bond motifs is 3. The van der Waals surface area contributed by atoms with Crippen molar-refractivity contribution in [1.82, 2.24) is 9.55 Å². The number of hydrogen-bond acceptors (Lipinski definition) is 6. The standard InChI is InChI=1S/C19H20N4O3/c1-24-12-8-9-13(17(10-12)25-2)15-11-23-16-7-5-4-6-14(16)22-19(20,26-3)18(23)21-15/h4-11,22H,20H2,1-3H3. The average Bonchev–Trinajstić information content (AvgIpc) is 3.14. The van der Waals surface area contributed by atoms with Crippen LogP contribution < -0.4 is 20.5 Å². The molecule has 1 atom stereocenters. The summed E-state index contributed by atoms with van der Waals surface area (Å²) in [6, 6.07) is 13.5. The van der Waals surface area contributed by atoms with Crippen molar-refractivity contribution in [2.45, 2.75) is 5.85 Å². The third-order valence-corrected chi connectivity index (χ3v) is 4.53. The summed E-state index contributed by atoms with van der Waals surface area (Å²) in [5, 5.41) is 3.21. The molecule has 7 heteroatoms. The molecule has 1 unspecified atom stereocenters. The van der Waals surface area contributed by atoms with E-state index < -0.39 is 5.85 Å². The Morgan fingerprint density at radius 1 is 1.08 bits per heavy atom. The summed E-state index contributed by atoms with van der Waals surface area (Å²) in [5.74, 6) is 0.714. The molecule has 3 N–H and O–H groups in total. The number of benzene rings is 2. The van der Waals surface area contributed by atoms with Crippen molar-refractivity contribution >= 4 is 5.69 Å². The molecule has 134 valence electrons. The molecule has 0 radical (unpaired) electrons. The lowest BCUT2D eigenvalue weighted by Crippen LogP contribution is -2.50. The van der Waals surface area contributed by atoms with Crippen LogP contribution in [0.15, 0.2) is 48.7 Å². The molecule has 0 aliphatic carbocycles. The highest BCUT2D eigenvalue weighted by Gasteiger charge is 2.38. The summed E-state index contributed by atoms with van der Waals surface area (Å²) < 4.78 is 18.3. The van der Waals surface area contributed by atoms with Gasteiger partial charge in [-0.05, 0) is 24.3 Å². The van der Waals surface area contributed by atoms with E-state index >= 15 is 0 Å². The van der Waals surface area contributed by atoms with Crippen LogP contribution in [0.1, 0.15) is 5.82 Å². The van der Waals surface area contributed by atoms with Crippen LogP contribution in [0, 0.1) is 0 Å². The van der Waals surface area contributed by atoms with Crippen LogP contribution in [0.4, 0.5) is 5.69 Å². The number of methoxy groups -OCH3 is 3. The maximum atomic E-state index is 6.42. The van der Waals surface area contributed by atoms with E-state index in [2.05, 4.69) is 5.32 Å². The molecular formula is C19H20N4O3. The SMILES string of the molecule is COc1ccc(-c2cn3c(n2)C(N)(OC)Nc2ccccc2-3)c(OC)c1. The molecule has 1 aliphatic heterocycles. The van der Waals surface area contributed by atoms with Crippen molar-refractivity contribution in [3.05, 3.63) is 54.5 Å². The summed E-state index contributed by atoms with van der Waals surface area (Å²) >= 11 is 0. The molecule has 0 saturated heterocycles. The minimum atomic E-state index is -1.23. The van der Waals surface area contributed by atoms with Gasteiger partial charge in [-0.25, -0.2) is 4.98 Å². The molecular weight excluding hydrogens is 332 g/mol. The highest BCUT2D eigenvalue weighted by molar-refractivity contribution is 5.72. The predicted octanol–water partition coefficient (Wildman–Crippen LogP) is 2.70. The molecule has 1 aliphatic rings. The fourth-order valence-corrected chi connectivity index (χ4v) is 3.15. The average molecular weight is 352 g/mol. The van der Waals surface area contributed by atoms with E-state index in [0.29, 0.717) is 17.3 Å². The molecule has 2 heterocycles. The van der Waals surface area contributed by atoms with Gasteiger partial charge in [-0.1, -0.05) is 12.1 Å². The van der Waals surface area contributed by atoms with Gasteiger partial charge in [-0.3, -0.25) is 10.3 Å². The second kappa shape index (κ2) is 6.05. The third-order valence-electron chi connectivity index (χ3n) is 4.53. The minimum Gasteiger partial charge on any atom is -0.497 e. The third kappa shape index (κ3) is 2.40. The van der Waals surface area contributed by atoms with E-state index in [9.17, 15) is 0 Å². The smallest absolute Gasteiger partial charge is 0.254 e. The lowest BCUT2D eigenvalue weighted by atomic mass is 10.1. The monoisotopic (exact) mass is 352 g/mol. The van der Waals surface area contributed by atoms with Crippen LogP contribution in [-0.2, 0) is 10.6 Å². The quantitative estimate of drug-likeness (QED) is 0.703. The van der Waals surface area contributed by atoms with Gasteiger partial charge in [-0.2, -0.15) is 0 Å².